The van der Waals surface area contributed by atoms with Gasteiger partial charge in [-0.1, -0.05) is 30.3 Å². The lowest BCUT2D eigenvalue weighted by Gasteiger charge is -2.34. The van der Waals surface area contributed by atoms with Gasteiger partial charge in [-0.15, -0.1) is 0 Å². The molecule has 1 saturated heterocycles. The normalized spacial score (nSPS) is 20.3. The Labute approximate surface area is 114 Å². The minimum atomic E-state index is 0.0688. The number of rotatable bonds is 3. The molecule has 2 aliphatic rings. The van der Waals surface area contributed by atoms with Crippen molar-refractivity contribution < 1.29 is 4.79 Å². The van der Waals surface area contributed by atoms with Crippen LogP contribution < -0.4 is 5.32 Å². The van der Waals surface area contributed by atoms with E-state index in [1.165, 1.54) is 12.8 Å². The fourth-order valence-electron chi connectivity index (χ4n) is 2.62. The summed E-state index contributed by atoms with van der Waals surface area (Å²) in [5, 5.41) is 3.00. The van der Waals surface area contributed by atoms with Crippen LogP contribution >= 0.6 is 0 Å². The second-order valence-electron chi connectivity index (χ2n) is 5.40. The highest BCUT2D eigenvalue weighted by Crippen LogP contribution is 2.27. The number of nitrogens with zero attached hydrogens (tertiary/aromatic N) is 2. The monoisotopic (exact) mass is 259 g/mol. The molecule has 4 nitrogen and oxygen atoms in total. The molecule has 19 heavy (non-hydrogen) atoms. The fourth-order valence-corrected chi connectivity index (χ4v) is 2.62. The van der Waals surface area contributed by atoms with Crippen molar-refractivity contribution in [2.24, 2.45) is 0 Å². The zero-order valence-electron chi connectivity index (χ0n) is 11.2. The Morgan fingerprint density at radius 2 is 1.79 bits per heavy atom. The molecule has 4 heteroatoms. The maximum atomic E-state index is 12.1. The van der Waals surface area contributed by atoms with Gasteiger partial charge >= 0.3 is 6.03 Å². The molecule has 3 rings (SSSR count). The first-order chi connectivity index (χ1) is 9.33. The molecule has 102 valence electrons. The van der Waals surface area contributed by atoms with Gasteiger partial charge in [0.25, 0.3) is 0 Å². The molecular weight excluding hydrogens is 238 g/mol. The van der Waals surface area contributed by atoms with Gasteiger partial charge in [-0.25, -0.2) is 4.79 Å². The molecule has 0 spiro atoms. The zero-order valence-corrected chi connectivity index (χ0v) is 11.2. The van der Waals surface area contributed by atoms with Crippen molar-refractivity contribution >= 4 is 6.03 Å². The third-order valence-corrected chi connectivity index (χ3v) is 3.95. The largest absolute Gasteiger partial charge is 0.334 e. The van der Waals surface area contributed by atoms with Crippen LogP contribution in [0.5, 0.6) is 0 Å². The molecule has 1 heterocycles. The van der Waals surface area contributed by atoms with Crippen molar-refractivity contribution in [3.63, 3.8) is 0 Å². The van der Waals surface area contributed by atoms with Crippen molar-refractivity contribution in [1.29, 1.82) is 0 Å². The van der Waals surface area contributed by atoms with Gasteiger partial charge in [0, 0.05) is 38.8 Å². The summed E-state index contributed by atoms with van der Waals surface area (Å²) in [5.41, 5.74) is 1.15. The van der Waals surface area contributed by atoms with E-state index < -0.39 is 0 Å². The summed E-state index contributed by atoms with van der Waals surface area (Å²) in [6.45, 7) is 4.39. The molecule has 0 radical (unpaired) electrons. The number of hydrogen-bond donors (Lipinski definition) is 1. The van der Waals surface area contributed by atoms with E-state index in [2.05, 4.69) is 10.2 Å². The maximum Gasteiger partial charge on any atom is 0.317 e. The van der Waals surface area contributed by atoms with Crippen LogP contribution in [0.3, 0.4) is 0 Å². The van der Waals surface area contributed by atoms with Gasteiger partial charge in [-0.3, -0.25) is 4.90 Å². The van der Waals surface area contributed by atoms with Crippen LogP contribution in [0.2, 0.25) is 0 Å². The van der Waals surface area contributed by atoms with Gasteiger partial charge in [-0.05, 0) is 18.4 Å². The standard InChI is InChI=1S/C15H21N3O/c19-15(16-12-13-4-2-1-3-5-13)18-10-8-17(9-11-18)14-6-7-14/h1-5,14H,6-12H2,(H,16,19). The van der Waals surface area contributed by atoms with Gasteiger partial charge in [-0.2, -0.15) is 0 Å². The first-order valence-corrected chi connectivity index (χ1v) is 7.14. The van der Waals surface area contributed by atoms with E-state index in [9.17, 15) is 4.79 Å². The van der Waals surface area contributed by atoms with E-state index in [-0.39, 0.29) is 6.03 Å². The highest BCUT2D eigenvalue weighted by Gasteiger charge is 2.32. The molecule has 0 bridgehead atoms. The van der Waals surface area contributed by atoms with Gasteiger partial charge in [0.1, 0.15) is 0 Å². The van der Waals surface area contributed by atoms with E-state index in [0.717, 1.165) is 37.8 Å². The van der Waals surface area contributed by atoms with Gasteiger partial charge in [0.2, 0.25) is 0 Å². The molecule has 1 N–H and O–H groups in total. The molecule has 2 amide bonds. The molecule has 1 aliphatic heterocycles. The second kappa shape index (κ2) is 5.61. The highest BCUT2D eigenvalue weighted by atomic mass is 16.2. The quantitative estimate of drug-likeness (QED) is 0.896. The summed E-state index contributed by atoms with van der Waals surface area (Å²) < 4.78 is 0. The minimum Gasteiger partial charge on any atom is -0.334 e. The molecule has 0 atom stereocenters. The third-order valence-electron chi connectivity index (χ3n) is 3.95. The average Bonchev–Trinajstić information content (AvgIpc) is 3.31. The minimum absolute atomic E-state index is 0.0688. The molecule has 0 unspecified atom stereocenters. The van der Waals surface area contributed by atoms with Gasteiger partial charge in [0.05, 0.1) is 0 Å². The molecule has 0 aromatic heterocycles. The lowest BCUT2D eigenvalue weighted by atomic mass is 10.2. The van der Waals surface area contributed by atoms with Crippen LogP contribution in [0.1, 0.15) is 18.4 Å². The smallest absolute Gasteiger partial charge is 0.317 e. The Kier molecular flexibility index (Phi) is 3.69. The van der Waals surface area contributed by atoms with Crippen LogP contribution in [0, 0.1) is 0 Å². The first kappa shape index (κ1) is 12.5. The lowest BCUT2D eigenvalue weighted by molar-refractivity contribution is 0.134. The Hall–Kier alpha value is -1.55. The Bertz CT molecular complexity index is 422. The lowest BCUT2D eigenvalue weighted by Crippen LogP contribution is -2.52. The fraction of sp³-hybridized carbons (Fsp3) is 0.533. The summed E-state index contributed by atoms with van der Waals surface area (Å²) >= 11 is 0. The number of urea groups is 1. The summed E-state index contributed by atoms with van der Waals surface area (Å²) in [6, 6.07) is 10.9. The van der Waals surface area contributed by atoms with Crippen LogP contribution in [0.15, 0.2) is 30.3 Å². The highest BCUT2D eigenvalue weighted by molar-refractivity contribution is 5.74. The maximum absolute atomic E-state index is 12.1. The van der Waals surface area contributed by atoms with E-state index in [1.807, 2.05) is 35.2 Å². The Morgan fingerprint density at radius 1 is 1.11 bits per heavy atom. The SMILES string of the molecule is O=C(NCc1ccccc1)N1CCN(C2CC2)CC1. The summed E-state index contributed by atoms with van der Waals surface area (Å²) in [7, 11) is 0. The number of amides is 2. The molecular formula is C15H21N3O. The van der Waals surface area contributed by atoms with Crippen molar-refractivity contribution in [3.05, 3.63) is 35.9 Å². The van der Waals surface area contributed by atoms with Crippen molar-refractivity contribution in [2.75, 3.05) is 26.2 Å². The van der Waals surface area contributed by atoms with Crippen LogP contribution in [0.25, 0.3) is 0 Å². The topological polar surface area (TPSA) is 35.6 Å². The van der Waals surface area contributed by atoms with E-state index in [0.29, 0.717) is 6.54 Å². The number of hydrogen-bond acceptors (Lipinski definition) is 2. The van der Waals surface area contributed by atoms with Gasteiger partial charge < -0.3 is 10.2 Å². The Balaban J connectivity index is 1.43. The van der Waals surface area contributed by atoms with Crippen molar-refractivity contribution in [1.82, 2.24) is 15.1 Å². The number of benzene rings is 1. The van der Waals surface area contributed by atoms with Crippen LogP contribution in [-0.2, 0) is 6.54 Å². The first-order valence-electron chi connectivity index (χ1n) is 7.14. The summed E-state index contributed by atoms with van der Waals surface area (Å²) in [6.07, 6.45) is 2.69. The number of piperazine rings is 1. The van der Waals surface area contributed by atoms with E-state index in [1.54, 1.807) is 0 Å². The van der Waals surface area contributed by atoms with Crippen LogP contribution in [-0.4, -0.2) is 48.1 Å². The van der Waals surface area contributed by atoms with E-state index in [4.69, 9.17) is 0 Å². The average molecular weight is 259 g/mol. The number of nitrogens with one attached hydrogen (secondary N) is 1. The second-order valence-corrected chi connectivity index (χ2v) is 5.40. The van der Waals surface area contributed by atoms with Gasteiger partial charge in [0.15, 0.2) is 0 Å². The predicted octanol–water partition coefficient (Wildman–Crippen LogP) is 1.68. The summed E-state index contributed by atoms with van der Waals surface area (Å²) in [5.74, 6) is 0. The van der Waals surface area contributed by atoms with Crippen molar-refractivity contribution in [2.45, 2.75) is 25.4 Å². The Morgan fingerprint density at radius 3 is 2.42 bits per heavy atom. The molecule has 2 fully saturated rings. The summed E-state index contributed by atoms with van der Waals surface area (Å²) in [4.78, 5) is 16.5. The number of carbonyl (C=O) groups excluding carboxylic acids is 1. The van der Waals surface area contributed by atoms with Crippen molar-refractivity contribution in [3.8, 4) is 0 Å². The number of carbonyl (C=O) groups is 1. The molecule has 1 saturated carbocycles. The third kappa shape index (κ3) is 3.26. The van der Waals surface area contributed by atoms with E-state index >= 15 is 0 Å². The molecule has 1 aromatic carbocycles. The predicted molar refractivity (Wildman–Crippen MR) is 74.8 cm³/mol. The molecule has 1 aliphatic carbocycles. The molecule has 1 aromatic rings. The van der Waals surface area contributed by atoms with Crippen LogP contribution in [0.4, 0.5) is 4.79 Å². The zero-order chi connectivity index (χ0) is 13.1.